The first-order valence-electron chi connectivity index (χ1n) is 7.15. The van der Waals surface area contributed by atoms with E-state index >= 15 is 0 Å². The zero-order valence-corrected chi connectivity index (χ0v) is 13.2. The van der Waals surface area contributed by atoms with Gasteiger partial charge in [-0.15, -0.1) is 11.3 Å². The maximum absolute atomic E-state index is 4.70. The van der Waals surface area contributed by atoms with Crippen molar-refractivity contribution >= 4 is 33.1 Å². The summed E-state index contributed by atoms with van der Waals surface area (Å²) in [5.41, 5.74) is 2.87. The predicted octanol–water partition coefficient (Wildman–Crippen LogP) is 4.20. The molecule has 1 N–H and O–H groups in total. The Kier molecular flexibility index (Phi) is 3.44. The van der Waals surface area contributed by atoms with E-state index in [1.54, 1.807) is 29.9 Å². The number of rotatable bonds is 3. The summed E-state index contributed by atoms with van der Waals surface area (Å²) in [6.45, 7) is 2.07. The molecule has 0 atom stereocenters. The molecule has 4 aromatic rings. The third-order valence-corrected chi connectivity index (χ3v) is 4.44. The second-order valence-electron chi connectivity index (χ2n) is 5.07. The molecule has 0 aromatic carbocycles. The molecule has 4 heterocycles. The molecule has 0 aliphatic heterocycles. The number of pyridine rings is 2. The standard InChI is InChI=1S/C17H13N5S/c1-11-10-23-17-14(11)16(20-12-5-8-18-9-6-12)21-15(22-17)13-4-2-3-7-19-13/h2-10H,1H3,(H,18,20,21,22). The molecule has 0 unspecified atom stereocenters. The lowest BCUT2D eigenvalue weighted by Gasteiger charge is -2.09. The Hall–Kier alpha value is -2.86. The van der Waals surface area contributed by atoms with E-state index in [1.165, 1.54) is 0 Å². The van der Waals surface area contributed by atoms with Gasteiger partial charge in [0.2, 0.25) is 0 Å². The summed E-state index contributed by atoms with van der Waals surface area (Å²) in [5.74, 6) is 1.41. The molecule has 4 aromatic heterocycles. The maximum Gasteiger partial charge on any atom is 0.181 e. The van der Waals surface area contributed by atoms with Crippen LogP contribution in [0.25, 0.3) is 21.7 Å². The molecule has 0 saturated heterocycles. The minimum absolute atomic E-state index is 0.622. The van der Waals surface area contributed by atoms with Gasteiger partial charge in [0.05, 0.1) is 5.39 Å². The quantitative estimate of drug-likeness (QED) is 0.613. The van der Waals surface area contributed by atoms with Crippen molar-refractivity contribution in [3.8, 4) is 11.5 Å². The van der Waals surface area contributed by atoms with E-state index in [4.69, 9.17) is 4.98 Å². The van der Waals surface area contributed by atoms with Crippen molar-refractivity contribution in [2.75, 3.05) is 5.32 Å². The Morgan fingerprint density at radius 1 is 1.00 bits per heavy atom. The van der Waals surface area contributed by atoms with Crippen LogP contribution < -0.4 is 5.32 Å². The van der Waals surface area contributed by atoms with Crippen LogP contribution in [0.5, 0.6) is 0 Å². The summed E-state index contributed by atoms with van der Waals surface area (Å²) in [6.07, 6.45) is 5.25. The largest absolute Gasteiger partial charge is 0.339 e. The van der Waals surface area contributed by atoms with Crippen LogP contribution in [-0.4, -0.2) is 19.9 Å². The van der Waals surface area contributed by atoms with Gasteiger partial charge in [-0.05, 0) is 42.1 Å². The molecule has 112 valence electrons. The molecule has 5 nitrogen and oxygen atoms in total. The summed E-state index contributed by atoms with van der Waals surface area (Å²) in [6, 6.07) is 9.56. The van der Waals surface area contributed by atoms with Crippen LogP contribution in [0.4, 0.5) is 11.5 Å². The molecule has 4 rings (SSSR count). The highest BCUT2D eigenvalue weighted by atomic mass is 32.1. The average Bonchev–Trinajstić information content (AvgIpc) is 2.98. The summed E-state index contributed by atoms with van der Waals surface area (Å²) in [7, 11) is 0. The topological polar surface area (TPSA) is 63.6 Å². The Morgan fingerprint density at radius 2 is 1.87 bits per heavy atom. The fraction of sp³-hybridized carbons (Fsp3) is 0.0588. The molecule has 0 bridgehead atoms. The maximum atomic E-state index is 4.70. The van der Waals surface area contributed by atoms with Gasteiger partial charge >= 0.3 is 0 Å². The first-order valence-corrected chi connectivity index (χ1v) is 8.03. The van der Waals surface area contributed by atoms with Gasteiger partial charge in [0.1, 0.15) is 16.3 Å². The second kappa shape index (κ2) is 5.73. The SMILES string of the molecule is Cc1csc2nc(-c3ccccn3)nc(Nc3ccncc3)c12. The van der Waals surface area contributed by atoms with Gasteiger partial charge in [-0.1, -0.05) is 6.07 Å². The second-order valence-corrected chi connectivity index (χ2v) is 5.93. The lowest BCUT2D eigenvalue weighted by atomic mass is 10.2. The number of hydrogen-bond acceptors (Lipinski definition) is 6. The summed E-state index contributed by atoms with van der Waals surface area (Å²) in [5, 5.41) is 6.52. The third kappa shape index (κ3) is 2.64. The van der Waals surface area contributed by atoms with Crippen LogP contribution in [0.3, 0.4) is 0 Å². The third-order valence-electron chi connectivity index (χ3n) is 3.45. The molecule has 23 heavy (non-hydrogen) atoms. The highest BCUT2D eigenvalue weighted by Crippen LogP contribution is 2.32. The number of aromatic nitrogens is 4. The zero-order chi connectivity index (χ0) is 15.6. The number of nitrogens with zero attached hydrogens (tertiary/aromatic N) is 4. The van der Waals surface area contributed by atoms with Crippen LogP contribution in [0.2, 0.25) is 0 Å². The van der Waals surface area contributed by atoms with Gasteiger partial charge in [0, 0.05) is 24.3 Å². The minimum Gasteiger partial charge on any atom is -0.339 e. The van der Waals surface area contributed by atoms with Gasteiger partial charge in [-0.25, -0.2) is 9.97 Å². The number of nitrogens with one attached hydrogen (secondary N) is 1. The van der Waals surface area contributed by atoms with Crippen LogP contribution in [0.15, 0.2) is 54.3 Å². The Morgan fingerprint density at radius 3 is 2.65 bits per heavy atom. The van der Waals surface area contributed by atoms with E-state index < -0.39 is 0 Å². The first kappa shape index (κ1) is 13.8. The number of fused-ring (bicyclic) bond motifs is 1. The van der Waals surface area contributed by atoms with Crippen LogP contribution in [0.1, 0.15) is 5.56 Å². The molecule has 6 heteroatoms. The van der Waals surface area contributed by atoms with Gasteiger partial charge in [-0.3, -0.25) is 9.97 Å². The normalized spacial score (nSPS) is 10.8. The summed E-state index contributed by atoms with van der Waals surface area (Å²) < 4.78 is 0. The Balaban J connectivity index is 1.88. The van der Waals surface area contributed by atoms with Crippen molar-refractivity contribution in [3.63, 3.8) is 0 Å². The fourth-order valence-electron chi connectivity index (χ4n) is 2.36. The monoisotopic (exact) mass is 319 g/mol. The number of thiophene rings is 1. The van der Waals surface area contributed by atoms with Crippen molar-refractivity contribution in [1.82, 2.24) is 19.9 Å². The van der Waals surface area contributed by atoms with Gasteiger partial charge in [-0.2, -0.15) is 0 Å². The summed E-state index contributed by atoms with van der Waals surface area (Å²) in [4.78, 5) is 18.7. The zero-order valence-electron chi connectivity index (χ0n) is 12.4. The van der Waals surface area contributed by atoms with Crippen LogP contribution in [-0.2, 0) is 0 Å². The van der Waals surface area contributed by atoms with E-state index in [-0.39, 0.29) is 0 Å². The van der Waals surface area contributed by atoms with E-state index in [2.05, 4.69) is 32.6 Å². The van der Waals surface area contributed by atoms with E-state index in [9.17, 15) is 0 Å². The van der Waals surface area contributed by atoms with Crippen molar-refractivity contribution in [2.45, 2.75) is 6.92 Å². The van der Waals surface area contributed by atoms with Gasteiger partial charge in [0.25, 0.3) is 0 Å². The highest BCUT2D eigenvalue weighted by Gasteiger charge is 2.13. The van der Waals surface area contributed by atoms with Gasteiger partial charge in [0.15, 0.2) is 5.82 Å². The van der Waals surface area contributed by atoms with E-state index in [1.807, 2.05) is 30.3 Å². The minimum atomic E-state index is 0.622. The lowest BCUT2D eigenvalue weighted by Crippen LogP contribution is -1.99. The van der Waals surface area contributed by atoms with Crippen LogP contribution >= 0.6 is 11.3 Å². The first-order chi connectivity index (χ1) is 11.3. The van der Waals surface area contributed by atoms with Crippen molar-refractivity contribution < 1.29 is 0 Å². The van der Waals surface area contributed by atoms with E-state index in [0.717, 1.165) is 33.0 Å². The molecule has 0 saturated carbocycles. The van der Waals surface area contributed by atoms with Crippen molar-refractivity contribution in [3.05, 3.63) is 59.9 Å². The molecular formula is C17H13N5S. The molecule has 0 fully saturated rings. The highest BCUT2D eigenvalue weighted by molar-refractivity contribution is 7.17. The summed E-state index contributed by atoms with van der Waals surface area (Å²) >= 11 is 1.62. The van der Waals surface area contributed by atoms with Crippen LogP contribution in [0, 0.1) is 6.92 Å². The molecule has 0 radical (unpaired) electrons. The fourth-order valence-corrected chi connectivity index (χ4v) is 3.28. The van der Waals surface area contributed by atoms with Crippen molar-refractivity contribution in [2.24, 2.45) is 0 Å². The number of anilines is 2. The molecule has 0 amide bonds. The Labute approximate surface area is 137 Å². The number of hydrogen-bond donors (Lipinski definition) is 1. The van der Waals surface area contributed by atoms with Crippen molar-refractivity contribution in [1.29, 1.82) is 0 Å². The molecule has 0 spiro atoms. The number of aryl methyl sites for hydroxylation is 1. The molecular weight excluding hydrogens is 306 g/mol. The average molecular weight is 319 g/mol. The Bertz CT molecular complexity index is 951. The predicted molar refractivity (Wildman–Crippen MR) is 92.9 cm³/mol. The smallest absolute Gasteiger partial charge is 0.181 e. The molecule has 0 aliphatic rings. The van der Waals surface area contributed by atoms with Gasteiger partial charge < -0.3 is 5.32 Å². The lowest BCUT2D eigenvalue weighted by molar-refractivity contribution is 1.18. The van der Waals surface area contributed by atoms with E-state index in [0.29, 0.717) is 5.82 Å². The molecule has 0 aliphatic carbocycles.